The van der Waals surface area contributed by atoms with E-state index in [1.165, 1.54) is 0 Å². The molecule has 0 radical (unpaired) electrons. The van der Waals surface area contributed by atoms with Gasteiger partial charge in [-0.2, -0.15) is 0 Å². The molecule has 26 heavy (non-hydrogen) atoms. The second-order valence-corrected chi connectivity index (χ2v) is 8.05. The van der Waals surface area contributed by atoms with Crippen LogP contribution in [0.25, 0.3) is 10.4 Å². The molecule has 0 atom stereocenters. The molecule has 6 nitrogen and oxygen atoms in total. The van der Waals surface area contributed by atoms with Gasteiger partial charge in [0.2, 0.25) is 0 Å². The van der Waals surface area contributed by atoms with Gasteiger partial charge in [0.15, 0.2) is 0 Å². The number of ether oxygens (including phenoxy) is 1. The van der Waals surface area contributed by atoms with E-state index in [1.807, 2.05) is 26.1 Å². The Morgan fingerprint density at radius 2 is 2.08 bits per heavy atom. The number of phenols is 1. The van der Waals surface area contributed by atoms with Gasteiger partial charge in [0.25, 0.3) is 0 Å². The maximum Gasteiger partial charge on any atom is 0.407 e. The Balaban J connectivity index is 1.59. The normalized spacial score (nSPS) is 20.1. The molecule has 2 aromatic rings. The number of hydrogen-bond donors (Lipinski definition) is 3. The zero-order valence-electron chi connectivity index (χ0n) is 15.1. The first-order chi connectivity index (χ1) is 12.4. The summed E-state index contributed by atoms with van der Waals surface area (Å²) in [6, 6.07) is 5.32. The molecular weight excluding hydrogens is 350 g/mol. The minimum Gasteiger partial charge on any atom is -0.507 e. The van der Waals surface area contributed by atoms with Crippen LogP contribution in [0.3, 0.4) is 0 Å². The second kappa shape index (κ2) is 7.95. The fourth-order valence-electron chi connectivity index (χ4n) is 3.26. The maximum absolute atomic E-state index is 11.7. The summed E-state index contributed by atoms with van der Waals surface area (Å²) in [6.45, 7) is 3.69. The summed E-state index contributed by atoms with van der Waals surface area (Å²) in [5.41, 5.74) is 6.99. The molecule has 0 aliphatic heterocycles. The van der Waals surface area contributed by atoms with E-state index in [0.717, 1.165) is 41.1 Å². The number of carbonyl (C=O) groups is 1. The Hall–Kier alpha value is -2.28. The lowest BCUT2D eigenvalue weighted by Gasteiger charge is -2.28. The molecule has 1 aliphatic rings. The number of rotatable bonds is 4. The number of aromatic nitrogens is 1. The van der Waals surface area contributed by atoms with E-state index in [0.29, 0.717) is 11.6 Å². The van der Waals surface area contributed by atoms with Gasteiger partial charge in [-0.3, -0.25) is 0 Å². The summed E-state index contributed by atoms with van der Waals surface area (Å²) in [5, 5.41) is 14.1. The van der Waals surface area contributed by atoms with Crippen LogP contribution in [0.1, 0.15) is 50.5 Å². The Labute approximate surface area is 157 Å². The smallest absolute Gasteiger partial charge is 0.407 e. The van der Waals surface area contributed by atoms with Crippen LogP contribution in [0.4, 0.5) is 10.5 Å². The largest absolute Gasteiger partial charge is 0.507 e. The van der Waals surface area contributed by atoms with Crippen LogP contribution in [0.15, 0.2) is 24.4 Å². The van der Waals surface area contributed by atoms with Gasteiger partial charge in [-0.25, -0.2) is 9.78 Å². The Morgan fingerprint density at radius 1 is 1.35 bits per heavy atom. The average Bonchev–Trinajstić information content (AvgIpc) is 3.04. The van der Waals surface area contributed by atoms with Crippen molar-refractivity contribution in [2.24, 2.45) is 0 Å². The number of carbonyl (C=O) groups excluding carboxylic acids is 1. The average molecular weight is 375 g/mol. The zero-order chi connectivity index (χ0) is 18.7. The Bertz CT molecular complexity index is 767. The predicted octanol–water partition coefficient (Wildman–Crippen LogP) is 4.26. The van der Waals surface area contributed by atoms with E-state index >= 15 is 0 Å². The number of nitrogen functional groups attached to an aromatic ring is 1. The third-order valence-electron chi connectivity index (χ3n) is 4.55. The molecule has 1 saturated carbocycles. The van der Waals surface area contributed by atoms with Crippen LogP contribution in [0, 0.1) is 0 Å². The first-order valence-electron chi connectivity index (χ1n) is 8.94. The van der Waals surface area contributed by atoms with Gasteiger partial charge in [0.1, 0.15) is 5.75 Å². The summed E-state index contributed by atoms with van der Waals surface area (Å²) in [4.78, 5) is 17.2. The van der Waals surface area contributed by atoms with Gasteiger partial charge in [0, 0.05) is 35.5 Å². The van der Waals surface area contributed by atoms with Crippen LogP contribution in [0.2, 0.25) is 0 Å². The van der Waals surface area contributed by atoms with Crippen molar-refractivity contribution in [2.45, 2.75) is 57.6 Å². The van der Waals surface area contributed by atoms with Crippen molar-refractivity contribution >= 4 is 23.1 Å². The minimum atomic E-state index is -0.334. The number of nitrogens with one attached hydrogen (secondary N) is 1. The monoisotopic (exact) mass is 375 g/mol. The number of phenolic OH excluding ortho intramolecular Hbond substituents is 1. The lowest BCUT2D eigenvalue weighted by molar-refractivity contribution is 0.109. The molecule has 140 valence electrons. The van der Waals surface area contributed by atoms with Gasteiger partial charge >= 0.3 is 6.09 Å². The van der Waals surface area contributed by atoms with Crippen LogP contribution in [-0.2, 0) is 4.74 Å². The molecule has 0 spiro atoms. The summed E-state index contributed by atoms with van der Waals surface area (Å²) in [5.74, 6) is 0.570. The molecule has 1 aromatic heterocycles. The number of nitrogens with zero attached hydrogens (tertiary/aromatic N) is 1. The number of aromatic hydroxyl groups is 1. The summed E-state index contributed by atoms with van der Waals surface area (Å²) >= 11 is 1.61. The fraction of sp³-hybridized carbons (Fsp3) is 0.474. The first-order valence-corrected chi connectivity index (χ1v) is 9.75. The molecule has 1 aliphatic carbocycles. The minimum absolute atomic E-state index is 0.107. The molecule has 4 N–H and O–H groups in total. The topological polar surface area (TPSA) is 97.5 Å². The van der Waals surface area contributed by atoms with Gasteiger partial charge in [-0.1, -0.05) is 0 Å². The SMILES string of the molecule is CC(C)OC(=O)NC1CCC(c2ncc(-c3ccc(N)cc3O)s2)CC1. The van der Waals surface area contributed by atoms with E-state index in [4.69, 9.17) is 10.5 Å². The van der Waals surface area contributed by atoms with Crippen molar-refractivity contribution in [2.75, 3.05) is 5.73 Å². The quantitative estimate of drug-likeness (QED) is 0.694. The molecule has 1 aromatic carbocycles. The highest BCUT2D eigenvalue weighted by atomic mass is 32.1. The number of nitrogens with two attached hydrogens (primary N) is 1. The molecule has 3 rings (SSSR count). The number of thiazole rings is 1. The van der Waals surface area contributed by atoms with E-state index in [9.17, 15) is 9.90 Å². The number of benzene rings is 1. The number of anilines is 1. The fourth-order valence-corrected chi connectivity index (χ4v) is 4.38. The van der Waals surface area contributed by atoms with Crippen molar-refractivity contribution in [1.29, 1.82) is 0 Å². The lowest BCUT2D eigenvalue weighted by Crippen LogP contribution is -2.38. The van der Waals surface area contributed by atoms with Crippen molar-refractivity contribution < 1.29 is 14.6 Å². The van der Waals surface area contributed by atoms with Crippen LogP contribution in [-0.4, -0.2) is 28.3 Å². The maximum atomic E-state index is 11.7. The molecule has 0 saturated heterocycles. The molecule has 1 fully saturated rings. The van der Waals surface area contributed by atoms with Crippen molar-refractivity contribution in [3.05, 3.63) is 29.4 Å². The van der Waals surface area contributed by atoms with E-state index in [-0.39, 0.29) is 24.0 Å². The van der Waals surface area contributed by atoms with Crippen molar-refractivity contribution in [3.8, 4) is 16.2 Å². The Morgan fingerprint density at radius 3 is 2.73 bits per heavy atom. The molecule has 0 unspecified atom stereocenters. The molecule has 1 amide bonds. The third-order valence-corrected chi connectivity index (χ3v) is 5.75. The van der Waals surface area contributed by atoms with E-state index < -0.39 is 0 Å². The predicted molar refractivity (Wildman–Crippen MR) is 103 cm³/mol. The van der Waals surface area contributed by atoms with Crippen LogP contribution >= 0.6 is 11.3 Å². The Kier molecular flexibility index (Phi) is 5.66. The highest BCUT2D eigenvalue weighted by molar-refractivity contribution is 7.15. The molecule has 0 bridgehead atoms. The van der Waals surface area contributed by atoms with E-state index in [1.54, 1.807) is 23.5 Å². The molecule has 1 heterocycles. The molecular formula is C19H25N3O3S. The lowest BCUT2D eigenvalue weighted by atomic mass is 9.86. The van der Waals surface area contributed by atoms with Gasteiger partial charge < -0.3 is 20.9 Å². The highest BCUT2D eigenvalue weighted by Crippen LogP contribution is 2.40. The number of amides is 1. The van der Waals surface area contributed by atoms with Crippen molar-refractivity contribution in [1.82, 2.24) is 10.3 Å². The van der Waals surface area contributed by atoms with Crippen LogP contribution in [0.5, 0.6) is 5.75 Å². The van der Waals surface area contributed by atoms with Gasteiger partial charge in [0.05, 0.1) is 16.0 Å². The highest BCUT2D eigenvalue weighted by Gasteiger charge is 2.26. The van der Waals surface area contributed by atoms with Crippen molar-refractivity contribution in [3.63, 3.8) is 0 Å². The second-order valence-electron chi connectivity index (χ2n) is 6.99. The molecule has 7 heteroatoms. The number of hydrogen-bond acceptors (Lipinski definition) is 6. The summed E-state index contributed by atoms with van der Waals surface area (Å²) in [6.07, 6.45) is 5.17. The first kappa shape index (κ1) is 18.5. The standard InChI is InChI=1S/C19H25N3O3S/c1-11(2)25-19(24)22-14-6-3-12(4-7-14)18-21-10-17(26-18)15-8-5-13(20)9-16(15)23/h5,8-12,14,23H,3-4,6-7,20H2,1-2H3,(H,22,24). The third kappa shape index (κ3) is 4.46. The zero-order valence-corrected chi connectivity index (χ0v) is 15.9. The summed E-state index contributed by atoms with van der Waals surface area (Å²) < 4.78 is 5.14. The van der Waals surface area contributed by atoms with Gasteiger partial charge in [-0.05, 0) is 51.7 Å². The van der Waals surface area contributed by atoms with Crippen LogP contribution < -0.4 is 11.1 Å². The number of alkyl carbamates (subject to hydrolysis) is 1. The summed E-state index contributed by atoms with van der Waals surface area (Å²) in [7, 11) is 0. The van der Waals surface area contributed by atoms with Gasteiger partial charge in [-0.15, -0.1) is 11.3 Å². The van der Waals surface area contributed by atoms with E-state index in [2.05, 4.69) is 10.3 Å².